The van der Waals surface area contributed by atoms with Gasteiger partial charge in [0, 0.05) is 57.6 Å². The zero-order valence-corrected chi connectivity index (χ0v) is 18.9. The molecule has 0 saturated carbocycles. The number of halogens is 1. The first kappa shape index (κ1) is 20.7. The molecule has 2 aromatic carbocycles. The van der Waals surface area contributed by atoms with Crippen LogP contribution in [0.4, 0.5) is 0 Å². The van der Waals surface area contributed by atoms with E-state index < -0.39 is 10.0 Å². The first-order valence-corrected chi connectivity index (χ1v) is 12.5. The zero-order chi connectivity index (χ0) is 20.4. The van der Waals surface area contributed by atoms with E-state index in [0.29, 0.717) is 31.0 Å². The van der Waals surface area contributed by atoms with E-state index >= 15 is 0 Å². The molecular formula is C21H21BrN2O3S2. The summed E-state index contributed by atoms with van der Waals surface area (Å²) < 4.78 is 29.0. The van der Waals surface area contributed by atoms with Crippen LogP contribution < -0.4 is 5.32 Å². The summed E-state index contributed by atoms with van der Waals surface area (Å²) in [4.78, 5) is 12.9. The highest BCUT2D eigenvalue weighted by Gasteiger charge is 2.32. The largest absolute Gasteiger partial charge is 0.312 e. The van der Waals surface area contributed by atoms with Crippen molar-refractivity contribution in [2.75, 3.05) is 19.6 Å². The molecule has 1 N–H and O–H groups in total. The Morgan fingerprint density at radius 1 is 1.17 bits per heavy atom. The Bertz CT molecular complexity index is 1130. The molecule has 1 aliphatic rings. The number of thiophene rings is 1. The summed E-state index contributed by atoms with van der Waals surface area (Å²) in [6.07, 6.45) is 1.14. The number of carbonyl (C=O) groups is 1. The first-order valence-electron chi connectivity index (χ1n) is 9.44. The minimum atomic E-state index is -3.48. The fraction of sp³-hybridized carbons (Fsp3) is 0.286. The summed E-state index contributed by atoms with van der Waals surface area (Å²) in [6.45, 7) is 1.45. The molecule has 1 fully saturated rings. The Kier molecular flexibility index (Phi) is 6.17. The van der Waals surface area contributed by atoms with Crippen LogP contribution in [0.15, 0.2) is 63.3 Å². The number of hydrogen-bond acceptors (Lipinski definition) is 5. The predicted octanol–water partition coefficient (Wildman–Crippen LogP) is 4.29. The third-order valence-corrected chi connectivity index (χ3v) is 8.54. The van der Waals surface area contributed by atoms with E-state index in [-0.39, 0.29) is 11.8 Å². The summed E-state index contributed by atoms with van der Waals surface area (Å²) in [5, 5.41) is 6.29. The molecule has 1 aliphatic heterocycles. The highest BCUT2D eigenvalue weighted by molar-refractivity contribution is 9.10. The van der Waals surface area contributed by atoms with Crippen molar-refractivity contribution in [3.8, 4) is 0 Å². The molecule has 5 nitrogen and oxygen atoms in total. The van der Waals surface area contributed by atoms with Crippen LogP contribution in [0, 0.1) is 0 Å². The van der Waals surface area contributed by atoms with Crippen LogP contribution in [-0.2, 0) is 10.0 Å². The second kappa shape index (κ2) is 8.65. The van der Waals surface area contributed by atoms with Gasteiger partial charge in [0.15, 0.2) is 5.78 Å². The summed E-state index contributed by atoms with van der Waals surface area (Å²) in [7, 11) is -3.48. The Hall–Kier alpha value is -1.58. The normalized spacial score (nSPS) is 17.8. The fourth-order valence-corrected chi connectivity index (χ4v) is 6.32. The van der Waals surface area contributed by atoms with Crippen molar-refractivity contribution in [2.24, 2.45) is 0 Å². The van der Waals surface area contributed by atoms with Gasteiger partial charge in [-0.2, -0.15) is 4.31 Å². The number of fused-ring (bicyclic) bond motifs is 1. The van der Waals surface area contributed by atoms with Gasteiger partial charge in [0.1, 0.15) is 0 Å². The van der Waals surface area contributed by atoms with Crippen molar-refractivity contribution >= 4 is 53.2 Å². The standard InChI is InChI=1S/C21H21BrN2O3S2/c22-15-5-7-17(8-6-15)29(26,27)24-12-10-16(13-24)23-11-9-20(25)19-14-28-21-4-2-1-3-18(19)21/h1-8,14,16,23H,9-13H2/t16-/m0/s1. The van der Waals surface area contributed by atoms with Crippen LogP contribution in [0.5, 0.6) is 0 Å². The highest BCUT2D eigenvalue weighted by Crippen LogP contribution is 2.27. The van der Waals surface area contributed by atoms with Gasteiger partial charge in [-0.1, -0.05) is 34.1 Å². The predicted molar refractivity (Wildman–Crippen MR) is 120 cm³/mol. The summed E-state index contributed by atoms with van der Waals surface area (Å²) in [6, 6.07) is 14.7. The lowest BCUT2D eigenvalue weighted by Gasteiger charge is -2.17. The van der Waals surface area contributed by atoms with Gasteiger partial charge in [-0.3, -0.25) is 4.79 Å². The Morgan fingerprint density at radius 2 is 1.93 bits per heavy atom. The summed E-state index contributed by atoms with van der Waals surface area (Å²) >= 11 is 4.91. The topological polar surface area (TPSA) is 66.5 Å². The van der Waals surface area contributed by atoms with Gasteiger partial charge in [0.2, 0.25) is 10.0 Å². The van der Waals surface area contributed by atoms with Crippen LogP contribution in [0.2, 0.25) is 0 Å². The number of hydrogen-bond donors (Lipinski definition) is 1. The lowest BCUT2D eigenvalue weighted by Crippen LogP contribution is -2.36. The molecule has 0 unspecified atom stereocenters. The molecule has 8 heteroatoms. The third kappa shape index (κ3) is 4.46. The number of nitrogens with one attached hydrogen (secondary N) is 1. The van der Waals surface area contributed by atoms with Gasteiger partial charge in [-0.15, -0.1) is 11.3 Å². The maximum absolute atomic E-state index is 12.8. The van der Waals surface area contributed by atoms with Crippen molar-refractivity contribution in [1.29, 1.82) is 0 Å². The van der Waals surface area contributed by atoms with Crippen LogP contribution >= 0.6 is 27.3 Å². The molecule has 3 aromatic rings. The van der Waals surface area contributed by atoms with Gasteiger partial charge in [-0.25, -0.2) is 8.42 Å². The molecule has 1 atom stereocenters. The monoisotopic (exact) mass is 492 g/mol. The second-order valence-electron chi connectivity index (χ2n) is 7.08. The Morgan fingerprint density at radius 3 is 2.72 bits per heavy atom. The van der Waals surface area contributed by atoms with Crippen LogP contribution in [0.25, 0.3) is 10.1 Å². The van der Waals surface area contributed by atoms with E-state index in [1.807, 2.05) is 29.6 Å². The molecule has 2 heterocycles. The van der Waals surface area contributed by atoms with E-state index in [1.165, 1.54) is 4.31 Å². The number of ketones is 1. The van der Waals surface area contributed by atoms with Crippen molar-refractivity contribution < 1.29 is 13.2 Å². The molecule has 1 aromatic heterocycles. The maximum Gasteiger partial charge on any atom is 0.243 e. The molecular weight excluding hydrogens is 472 g/mol. The van der Waals surface area contributed by atoms with E-state index in [0.717, 1.165) is 26.5 Å². The molecule has 29 heavy (non-hydrogen) atoms. The lowest BCUT2D eigenvalue weighted by atomic mass is 10.1. The number of nitrogens with zero attached hydrogens (tertiary/aromatic N) is 1. The van der Waals surface area contributed by atoms with E-state index in [1.54, 1.807) is 35.6 Å². The van der Waals surface area contributed by atoms with Crippen LogP contribution in [-0.4, -0.2) is 44.2 Å². The van der Waals surface area contributed by atoms with Crippen molar-refractivity contribution in [1.82, 2.24) is 9.62 Å². The smallest absolute Gasteiger partial charge is 0.243 e. The van der Waals surface area contributed by atoms with Crippen molar-refractivity contribution in [3.05, 3.63) is 63.9 Å². The quantitative estimate of drug-likeness (QED) is 0.499. The van der Waals surface area contributed by atoms with Crippen molar-refractivity contribution in [3.63, 3.8) is 0 Å². The highest BCUT2D eigenvalue weighted by atomic mass is 79.9. The number of rotatable bonds is 7. The Balaban J connectivity index is 1.31. The summed E-state index contributed by atoms with van der Waals surface area (Å²) in [5.74, 6) is 0.118. The van der Waals surface area contributed by atoms with Gasteiger partial charge in [-0.05, 0) is 36.8 Å². The molecule has 4 rings (SSSR count). The average Bonchev–Trinajstić information content (AvgIpc) is 3.36. The van der Waals surface area contributed by atoms with Gasteiger partial charge in [0.25, 0.3) is 0 Å². The molecule has 0 aliphatic carbocycles. The van der Waals surface area contributed by atoms with E-state index in [9.17, 15) is 13.2 Å². The zero-order valence-electron chi connectivity index (χ0n) is 15.7. The third-order valence-electron chi connectivity index (χ3n) is 5.17. The summed E-state index contributed by atoms with van der Waals surface area (Å²) in [5.41, 5.74) is 0.776. The lowest BCUT2D eigenvalue weighted by molar-refractivity contribution is 0.0983. The molecule has 1 saturated heterocycles. The minimum Gasteiger partial charge on any atom is -0.312 e. The molecule has 0 bridgehead atoms. The van der Waals surface area contributed by atoms with Crippen LogP contribution in [0.3, 0.4) is 0 Å². The first-order chi connectivity index (χ1) is 13.9. The van der Waals surface area contributed by atoms with Gasteiger partial charge in [0.05, 0.1) is 4.90 Å². The maximum atomic E-state index is 12.8. The van der Waals surface area contributed by atoms with Crippen molar-refractivity contribution in [2.45, 2.75) is 23.8 Å². The number of benzene rings is 2. The van der Waals surface area contributed by atoms with E-state index in [2.05, 4.69) is 21.2 Å². The average molecular weight is 493 g/mol. The second-order valence-corrected chi connectivity index (χ2v) is 10.8. The molecule has 152 valence electrons. The number of carbonyl (C=O) groups excluding carboxylic acids is 1. The molecule has 0 spiro atoms. The minimum absolute atomic E-state index is 0.0623. The van der Waals surface area contributed by atoms with Crippen LogP contribution in [0.1, 0.15) is 23.2 Å². The number of sulfonamides is 1. The van der Waals surface area contributed by atoms with Gasteiger partial charge >= 0.3 is 0 Å². The van der Waals surface area contributed by atoms with E-state index in [4.69, 9.17) is 0 Å². The SMILES string of the molecule is O=C(CCN[C@H]1CCN(S(=O)(=O)c2ccc(Br)cc2)C1)c1csc2ccccc12. The van der Waals surface area contributed by atoms with Gasteiger partial charge < -0.3 is 5.32 Å². The molecule has 0 amide bonds. The number of Topliss-reactive ketones (excluding diaryl/α,β-unsaturated/α-hetero) is 1. The fourth-order valence-electron chi connectivity index (χ4n) is 3.59. The molecule has 0 radical (unpaired) electrons. The Labute approximate surface area is 182 Å².